The predicted octanol–water partition coefficient (Wildman–Crippen LogP) is 3.30. The molecule has 124 valence electrons. The van der Waals surface area contributed by atoms with E-state index in [-0.39, 0.29) is 5.91 Å². The summed E-state index contributed by atoms with van der Waals surface area (Å²) in [5.74, 6) is 1.20. The van der Waals surface area contributed by atoms with Crippen LogP contribution in [-0.4, -0.2) is 35.5 Å². The summed E-state index contributed by atoms with van der Waals surface area (Å²) >= 11 is 2.82. The van der Waals surface area contributed by atoms with Crippen molar-refractivity contribution in [2.24, 2.45) is 0 Å². The molecule has 2 N–H and O–H groups in total. The van der Waals surface area contributed by atoms with Gasteiger partial charge in [0.1, 0.15) is 5.75 Å². The molecule has 6 nitrogen and oxygen atoms in total. The lowest BCUT2D eigenvalue weighted by atomic mass is 10.3. The first-order valence-corrected chi connectivity index (χ1v) is 9.15. The lowest BCUT2D eigenvalue weighted by Crippen LogP contribution is -2.25. The summed E-state index contributed by atoms with van der Waals surface area (Å²) in [6.07, 6.45) is 2.08. The summed E-state index contributed by atoms with van der Waals surface area (Å²) < 4.78 is 5.89. The molecule has 1 amide bonds. The van der Waals surface area contributed by atoms with E-state index in [4.69, 9.17) is 4.74 Å². The van der Waals surface area contributed by atoms with E-state index in [0.29, 0.717) is 10.9 Å². The molecule has 0 aliphatic carbocycles. The van der Waals surface area contributed by atoms with Crippen LogP contribution in [0.25, 0.3) is 0 Å². The zero-order chi connectivity index (χ0) is 16.5. The highest BCUT2D eigenvalue weighted by atomic mass is 32.2. The minimum absolute atomic E-state index is 0.0308. The first-order valence-electron chi connectivity index (χ1n) is 7.35. The third-order valence-corrected chi connectivity index (χ3v) is 4.90. The Morgan fingerprint density at radius 3 is 2.78 bits per heavy atom. The van der Waals surface area contributed by atoms with Crippen molar-refractivity contribution in [2.45, 2.75) is 24.1 Å². The molecule has 23 heavy (non-hydrogen) atoms. The van der Waals surface area contributed by atoms with Crippen molar-refractivity contribution in [3.8, 4) is 5.75 Å². The number of methoxy groups -OCH3 is 1. The maximum Gasteiger partial charge on any atom is 0.230 e. The zero-order valence-electron chi connectivity index (χ0n) is 13.2. The number of hydrogen-bond donors (Lipinski definition) is 2. The second kappa shape index (κ2) is 9.36. The number of hydrogen-bond acceptors (Lipinski definition) is 7. The summed E-state index contributed by atoms with van der Waals surface area (Å²) in [4.78, 5) is 11.6. The standard InChI is InChI=1S/C15H20N4O2S2/c1-3-4-9-16-13(20)10-22-15-19-18-14(23-15)17-11-5-7-12(21-2)8-6-11/h5-8H,3-4,9-10H2,1-2H3,(H,16,20)(H,17,18). The van der Waals surface area contributed by atoms with Crippen LogP contribution in [0.2, 0.25) is 0 Å². The zero-order valence-corrected chi connectivity index (χ0v) is 14.8. The smallest absolute Gasteiger partial charge is 0.230 e. The van der Waals surface area contributed by atoms with Crippen molar-refractivity contribution in [3.05, 3.63) is 24.3 Å². The number of anilines is 2. The van der Waals surface area contributed by atoms with Crippen molar-refractivity contribution in [1.29, 1.82) is 0 Å². The number of unbranched alkanes of at least 4 members (excludes halogenated alkanes) is 1. The third-order valence-electron chi connectivity index (χ3n) is 2.93. The Kier molecular flexibility index (Phi) is 7.15. The monoisotopic (exact) mass is 352 g/mol. The van der Waals surface area contributed by atoms with Gasteiger partial charge in [-0.25, -0.2) is 0 Å². The van der Waals surface area contributed by atoms with Crippen molar-refractivity contribution < 1.29 is 9.53 Å². The number of amides is 1. The molecule has 0 aliphatic rings. The van der Waals surface area contributed by atoms with Gasteiger partial charge in [0.2, 0.25) is 11.0 Å². The Labute approximate surface area is 144 Å². The first kappa shape index (κ1) is 17.6. The molecular weight excluding hydrogens is 332 g/mol. The van der Waals surface area contributed by atoms with Crippen LogP contribution in [0, 0.1) is 0 Å². The van der Waals surface area contributed by atoms with Crippen molar-refractivity contribution >= 4 is 39.8 Å². The van der Waals surface area contributed by atoms with Crippen LogP contribution in [-0.2, 0) is 4.79 Å². The number of carbonyl (C=O) groups excluding carboxylic acids is 1. The molecule has 0 radical (unpaired) electrons. The van der Waals surface area contributed by atoms with Gasteiger partial charge in [-0.05, 0) is 30.7 Å². The van der Waals surface area contributed by atoms with E-state index < -0.39 is 0 Å². The van der Waals surface area contributed by atoms with Crippen molar-refractivity contribution in [3.63, 3.8) is 0 Å². The first-order chi connectivity index (χ1) is 11.2. The van der Waals surface area contributed by atoms with Crippen molar-refractivity contribution in [1.82, 2.24) is 15.5 Å². The van der Waals surface area contributed by atoms with E-state index >= 15 is 0 Å². The summed E-state index contributed by atoms with van der Waals surface area (Å²) in [5, 5.41) is 14.9. The van der Waals surface area contributed by atoms with Gasteiger partial charge in [0, 0.05) is 12.2 Å². The van der Waals surface area contributed by atoms with Crippen LogP contribution in [0.5, 0.6) is 5.75 Å². The number of carbonyl (C=O) groups is 1. The highest BCUT2D eigenvalue weighted by molar-refractivity contribution is 8.01. The van der Waals surface area contributed by atoms with Crippen LogP contribution in [0.4, 0.5) is 10.8 Å². The van der Waals surface area contributed by atoms with Gasteiger partial charge in [-0.3, -0.25) is 4.79 Å². The maximum absolute atomic E-state index is 11.6. The Bertz CT molecular complexity index is 616. The summed E-state index contributed by atoms with van der Waals surface area (Å²) in [7, 11) is 1.63. The number of rotatable bonds is 9. The number of benzene rings is 1. The number of nitrogens with zero attached hydrogens (tertiary/aromatic N) is 2. The molecule has 1 aromatic carbocycles. The molecule has 0 saturated carbocycles. The van der Waals surface area contributed by atoms with Gasteiger partial charge in [0.15, 0.2) is 4.34 Å². The Balaban J connectivity index is 1.79. The Hall–Kier alpha value is -1.80. The molecule has 0 spiro atoms. The largest absolute Gasteiger partial charge is 0.497 e. The van der Waals surface area contributed by atoms with Gasteiger partial charge in [0.25, 0.3) is 0 Å². The molecule has 0 unspecified atom stereocenters. The molecule has 1 aromatic heterocycles. The number of aromatic nitrogens is 2. The molecule has 2 aromatic rings. The molecule has 1 heterocycles. The maximum atomic E-state index is 11.6. The number of thioether (sulfide) groups is 1. The second-order valence-corrected chi connectivity index (χ2v) is 6.92. The molecule has 0 atom stereocenters. The van der Waals surface area contributed by atoms with E-state index in [1.54, 1.807) is 7.11 Å². The van der Waals surface area contributed by atoms with Gasteiger partial charge < -0.3 is 15.4 Å². The number of ether oxygens (including phenoxy) is 1. The van der Waals surface area contributed by atoms with Crippen LogP contribution >= 0.6 is 23.1 Å². The summed E-state index contributed by atoms with van der Waals surface area (Å²) in [6, 6.07) is 7.57. The van der Waals surface area contributed by atoms with E-state index in [1.807, 2.05) is 24.3 Å². The van der Waals surface area contributed by atoms with E-state index in [0.717, 1.165) is 35.2 Å². The van der Waals surface area contributed by atoms with Crippen LogP contribution in [0.3, 0.4) is 0 Å². The van der Waals surface area contributed by atoms with E-state index in [1.165, 1.54) is 23.1 Å². The molecule has 0 aliphatic heterocycles. The summed E-state index contributed by atoms with van der Waals surface area (Å²) in [6.45, 7) is 2.83. The minimum atomic E-state index is 0.0308. The minimum Gasteiger partial charge on any atom is -0.497 e. The molecular formula is C15H20N4O2S2. The number of nitrogens with one attached hydrogen (secondary N) is 2. The highest BCUT2D eigenvalue weighted by Crippen LogP contribution is 2.28. The predicted molar refractivity (Wildman–Crippen MR) is 94.8 cm³/mol. The van der Waals surface area contributed by atoms with Crippen LogP contribution in [0.1, 0.15) is 19.8 Å². The molecule has 2 rings (SSSR count). The van der Waals surface area contributed by atoms with Gasteiger partial charge >= 0.3 is 0 Å². The average Bonchev–Trinajstić information content (AvgIpc) is 3.01. The fourth-order valence-corrected chi connectivity index (χ4v) is 3.30. The Morgan fingerprint density at radius 2 is 2.09 bits per heavy atom. The molecule has 0 saturated heterocycles. The topological polar surface area (TPSA) is 76.1 Å². The van der Waals surface area contributed by atoms with Crippen LogP contribution < -0.4 is 15.4 Å². The molecule has 0 fully saturated rings. The molecule has 0 bridgehead atoms. The van der Waals surface area contributed by atoms with Gasteiger partial charge in [0.05, 0.1) is 12.9 Å². The van der Waals surface area contributed by atoms with Gasteiger partial charge in [-0.15, -0.1) is 10.2 Å². The quantitative estimate of drug-likeness (QED) is 0.533. The van der Waals surface area contributed by atoms with E-state index in [9.17, 15) is 4.79 Å². The lowest BCUT2D eigenvalue weighted by Gasteiger charge is -2.03. The fraction of sp³-hybridized carbons (Fsp3) is 0.400. The molecule has 8 heteroatoms. The fourth-order valence-electron chi connectivity index (χ4n) is 1.70. The summed E-state index contributed by atoms with van der Waals surface area (Å²) in [5.41, 5.74) is 0.913. The van der Waals surface area contributed by atoms with Gasteiger partial charge in [-0.1, -0.05) is 36.4 Å². The van der Waals surface area contributed by atoms with E-state index in [2.05, 4.69) is 27.8 Å². The average molecular weight is 352 g/mol. The van der Waals surface area contributed by atoms with Gasteiger partial charge in [-0.2, -0.15) is 0 Å². The van der Waals surface area contributed by atoms with Crippen LogP contribution in [0.15, 0.2) is 28.6 Å². The normalized spacial score (nSPS) is 10.3. The highest BCUT2D eigenvalue weighted by Gasteiger charge is 2.08. The van der Waals surface area contributed by atoms with Crippen molar-refractivity contribution in [2.75, 3.05) is 24.7 Å². The SMILES string of the molecule is CCCCNC(=O)CSc1nnc(Nc2ccc(OC)cc2)s1. The Morgan fingerprint density at radius 1 is 1.30 bits per heavy atom. The third kappa shape index (κ3) is 6.07. The lowest BCUT2D eigenvalue weighted by molar-refractivity contribution is -0.118. The second-order valence-electron chi connectivity index (χ2n) is 4.72.